The first-order chi connectivity index (χ1) is 8.58. The molecule has 1 fully saturated rings. The van der Waals surface area contributed by atoms with Crippen LogP contribution in [0.2, 0.25) is 0 Å². The Hall–Kier alpha value is -1.49. The standard InChI is InChI=1S/C13H16F2N2O/c1-8(10-5-4-9(14)7-11(10)15)17-12-3-2-6-16-13(12)18/h4-5,7-8,12,17H,2-3,6H2,1H3,(H,16,18). The van der Waals surface area contributed by atoms with Crippen LogP contribution in [0.3, 0.4) is 0 Å². The Balaban J connectivity index is 2.06. The van der Waals surface area contributed by atoms with Gasteiger partial charge in [0.15, 0.2) is 0 Å². The number of nitrogens with one attached hydrogen (secondary N) is 2. The molecule has 1 aromatic rings. The number of benzene rings is 1. The van der Waals surface area contributed by atoms with Crippen molar-refractivity contribution in [2.45, 2.75) is 31.8 Å². The van der Waals surface area contributed by atoms with Crippen molar-refractivity contribution in [2.75, 3.05) is 6.54 Å². The monoisotopic (exact) mass is 254 g/mol. The van der Waals surface area contributed by atoms with Gasteiger partial charge in [-0.1, -0.05) is 6.07 Å². The Bertz CT molecular complexity index is 451. The average molecular weight is 254 g/mol. The minimum absolute atomic E-state index is 0.0596. The molecule has 0 aromatic heterocycles. The molecule has 1 aromatic carbocycles. The molecule has 3 nitrogen and oxygen atoms in total. The number of halogens is 2. The van der Waals surface area contributed by atoms with Crippen LogP contribution in [0.5, 0.6) is 0 Å². The Kier molecular flexibility index (Phi) is 3.91. The van der Waals surface area contributed by atoms with Crippen LogP contribution in [0.15, 0.2) is 18.2 Å². The van der Waals surface area contributed by atoms with Crippen LogP contribution in [0.25, 0.3) is 0 Å². The van der Waals surface area contributed by atoms with Gasteiger partial charge in [-0.05, 0) is 25.8 Å². The first-order valence-electron chi connectivity index (χ1n) is 6.06. The number of hydrogen-bond donors (Lipinski definition) is 2. The minimum Gasteiger partial charge on any atom is -0.355 e. The summed E-state index contributed by atoms with van der Waals surface area (Å²) >= 11 is 0. The number of carbonyl (C=O) groups is 1. The lowest BCUT2D eigenvalue weighted by atomic mass is 10.0. The van der Waals surface area contributed by atoms with Crippen LogP contribution in [-0.2, 0) is 4.79 Å². The fourth-order valence-electron chi connectivity index (χ4n) is 2.18. The molecule has 1 aliphatic heterocycles. The van der Waals surface area contributed by atoms with Gasteiger partial charge in [-0.15, -0.1) is 0 Å². The third-order valence-corrected chi connectivity index (χ3v) is 3.17. The summed E-state index contributed by atoms with van der Waals surface area (Å²) in [6.07, 6.45) is 1.64. The number of hydrogen-bond acceptors (Lipinski definition) is 2. The van der Waals surface area contributed by atoms with Gasteiger partial charge < -0.3 is 5.32 Å². The van der Waals surface area contributed by atoms with Gasteiger partial charge in [0.1, 0.15) is 11.6 Å². The maximum atomic E-state index is 13.6. The van der Waals surface area contributed by atoms with Gasteiger partial charge >= 0.3 is 0 Å². The summed E-state index contributed by atoms with van der Waals surface area (Å²) in [7, 11) is 0. The van der Waals surface area contributed by atoms with Crippen molar-refractivity contribution >= 4 is 5.91 Å². The van der Waals surface area contributed by atoms with E-state index in [0.29, 0.717) is 12.1 Å². The van der Waals surface area contributed by atoms with Gasteiger partial charge in [-0.2, -0.15) is 0 Å². The normalized spacial score (nSPS) is 21.5. The summed E-state index contributed by atoms with van der Waals surface area (Å²) < 4.78 is 26.4. The zero-order valence-electron chi connectivity index (χ0n) is 10.2. The zero-order valence-corrected chi connectivity index (χ0v) is 10.2. The Morgan fingerprint density at radius 2 is 2.22 bits per heavy atom. The quantitative estimate of drug-likeness (QED) is 0.865. The van der Waals surface area contributed by atoms with E-state index < -0.39 is 11.6 Å². The molecule has 0 bridgehead atoms. The Labute approximate surface area is 105 Å². The molecule has 0 radical (unpaired) electrons. The molecule has 0 spiro atoms. The maximum absolute atomic E-state index is 13.6. The highest BCUT2D eigenvalue weighted by atomic mass is 19.1. The zero-order chi connectivity index (χ0) is 13.1. The van der Waals surface area contributed by atoms with Gasteiger partial charge in [0.2, 0.25) is 5.91 Å². The molecule has 1 saturated heterocycles. The van der Waals surface area contributed by atoms with E-state index in [1.165, 1.54) is 12.1 Å². The lowest BCUT2D eigenvalue weighted by Gasteiger charge is -2.26. The largest absolute Gasteiger partial charge is 0.355 e. The van der Waals surface area contributed by atoms with Crippen LogP contribution in [0, 0.1) is 11.6 Å². The van der Waals surface area contributed by atoms with Gasteiger partial charge in [-0.3, -0.25) is 10.1 Å². The highest BCUT2D eigenvalue weighted by Gasteiger charge is 2.24. The van der Waals surface area contributed by atoms with Gasteiger partial charge in [0.25, 0.3) is 0 Å². The van der Waals surface area contributed by atoms with Crippen molar-refractivity contribution in [2.24, 2.45) is 0 Å². The van der Waals surface area contributed by atoms with Crippen molar-refractivity contribution in [3.8, 4) is 0 Å². The lowest BCUT2D eigenvalue weighted by Crippen LogP contribution is -2.48. The molecule has 0 saturated carbocycles. The summed E-state index contributed by atoms with van der Waals surface area (Å²) in [6.45, 7) is 2.45. The molecule has 5 heteroatoms. The summed E-state index contributed by atoms with van der Waals surface area (Å²) in [5.41, 5.74) is 0.370. The molecule has 0 aliphatic carbocycles. The van der Waals surface area contributed by atoms with E-state index in [0.717, 1.165) is 18.9 Å². The number of amides is 1. The minimum atomic E-state index is -0.598. The number of rotatable bonds is 3. The van der Waals surface area contributed by atoms with E-state index >= 15 is 0 Å². The maximum Gasteiger partial charge on any atom is 0.237 e. The van der Waals surface area contributed by atoms with Crippen LogP contribution >= 0.6 is 0 Å². The highest BCUT2D eigenvalue weighted by molar-refractivity contribution is 5.82. The molecule has 2 unspecified atom stereocenters. The smallest absolute Gasteiger partial charge is 0.237 e. The number of piperidine rings is 1. The summed E-state index contributed by atoms with van der Waals surface area (Å²) in [5.74, 6) is -1.25. The van der Waals surface area contributed by atoms with Crippen molar-refractivity contribution in [3.63, 3.8) is 0 Å². The highest BCUT2D eigenvalue weighted by Crippen LogP contribution is 2.19. The van der Waals surface area contributed by atoms with Crippen LogP contribution in [-0.4, -0.2) is 18.5 Å². The first kappa shape index (κ1) is 13.0. The Morgan fingerprint density at radius 3 is 2.89 bits per heavy atom. The van der Waals surface area contributed by atoms with Gasteiger partial charge in [0.05, 0.1) is 6.04 Å². The second-order valence-corrected chi connectivity index (χ2v) is 4.54. The Morgan fingerprint density at radius 1 is 1.44 bits per heavy atom. The third kappa shape index (κ3) is 2.85. The molecular weight excluding hydrogens is 238 g/mol. The fraction of sp³-hybridized carbons (Fsp3) is 0.462. The molecule has 1 aliphatic rings. The third-order valence-electron chi connectivity index (χ3n) is 3.17. The van der Waals surface area contributed by atoms with E-state index in [4.69, 9.17) is 0 Å². The second-order valence-electron chi connectivity index (χ2n) is 4.54. The van der Waals surface area contributed by atoms with Crippen LogP contribution in [0.4, 0.5) is 8.78 Å². The topological polar surface area (TPSA) is 41.1 Å². The van der Waals surface area contributed by atoms with Crippen LogP contribution < -0.4 is 10.6 Å². The predicted molar refractivity (Wildman–Crippen MR) is 63.9 cm³/mol. The lowest BCUT2D eigenvalue weighted by molar-refractivity contribution is -0.124. The van der Waals surface area contributed by atoms with E-state index in [-0.39, 0.29) is 18.0 Å². The summed E-state index contributed by atoms with van der Waals surface area (Å²) in [5, 5.41) is 5.83. The van der Waals surface area contributed by atoms with Gasteiger partial charge in [-0.25, -0.2) is 8.78 Å². The average Bonchev–Trinajstić information content (AvgIpc) is 2.32. The fourth-order valence-corrected chi connectivity index (χ4v) is 2.18. The molecule has 98 valence electrons. The van der Waals surface area contributed by atoms with E-state index in [9.17, 15) is 13.6 Å². The van der Waals surface area contributed by atoms with Crippen molar-refractivity contribution in [3.05, 3.63) is 35.4 Å². The summed E-state index contributed by atoms with van der Waals surface area (Å²) in [6, 6.07) is 2.84. The van der Waals surface area contributed by atoms with Crippen molar-refractivity contribution in [1.82, 2.24) is 10.6 Å². The van der Waals surface area contributed by atoms with E-state index in [1.807, 2.05) is 0 Å². The first-order valence-corrected chi connectivity index (χ1v) is 6.06. The van der Waals surface area contributed by atoms with Crippen molar-refractivity contribution in [1.29, 1.82) is 0 Å². The molecule has 18 heavy (non-hydrogen) atoms. The summed E-state index contributed by atoms with van der Waals surface area (Å²) in [4.78, 5) is 11.6. The molecule has 1 amide bonds. The molecule has 2 rings (SSSR count). The molecule has 2 N–H and O–H groups in total. The molecule has 1 heterocycles. The number of carbonyl (C=O) groups excluding carboxylic acids is 1. The molecular formula is C13H16F2N2O. The molecule has 2 atom stereocenters. The van der Waals surface area contributed by atoms with E-state index in [1.54, 1.807) is 6.92 Å². The van der Waals surface area contributed by atoms with Crippen LogP contribution in [0.1, 0.15) is 31.4 Å². The SMILES string of the molecule is CC(NC1CCCNC1=O)c1ccc(F)cc1F. The predicted octanol–water partition coefficient (Wildman–Crippen LogP) is 1.89. The van der Waals surface area contributed by atoms with Crippen molar-refractivity contribution < 1.29 is 13.6 Å². The van der Waals surface area contributed by atoms with E-state index in [2.05, 4.69) is 10.6 Å². The second kappa shape index (κ2) is 5.44. The van der Waals surface area contributed by atoms with Gasteiger partial charge in [0, 0.05) is 24.2 Å².